The maximum Gasteiger partial charge on any atom is 0.244 e. The molecule has 2 aromatic carbocycles. The molecule has 0 saturated heterocycles. The van der Waals surface area contributed by atoms with Gasteiger partial charge in [-0.3, -0.25) is 13.9 Å². The first-order chi connectivity index (χ1) is 17.2. The summed E-state index contributed by atoms with van der Waals surface area (Å²) < 4.78 is 32.0. The van der Waals surface area contributed by atoms with Gasteiger partial charge in [0.05, 0.1) is 19.1 Å². The first-order valence-electron chi connectivity index (χ1n) is 12.5. The Labute approximate surface area is 222 Å². The lowest BCUT2D eigenvalue weighted by molar-refractivity contribution is -0.140. The highest BCUT2D eigenvalue weighted by Gasteiger charge is 2.32. The van der Waals surface area contributed by atoms with Crippen LogP contribution in [0, 0.1) is 0 Å². The molecule has 0 heterocycles. The SMILES string of the molecule is CCC(C(=O)NC(C)C)N(Cc1cccc(OC)c1)C(=O)CN(c1ccc(C(C)(C)C)cc1)S(C)(=O)=O. The van der Waals surface area contributed by atoms with Gasteiger partial charge in [-0.05, 0) is 61.1 Å². The minimum absolute atomic E-state index is 0.101. The Balaban J connectivity index is 2.46. The Morgan fingerprint density at radius 2 is 1.68 bits per heavy atom. The zero-order valence-corrected chi connectivity index (χ0v) is 24.1. The number of nitrogens with zero attached hydrogens (tertiary/aromatic N) is 2. The maximum atomic E-state index is 13.8. The molecule has 2 rings (SSSR count). The summed E-state index contributed by atoms with van der Waals surface area (Å²) >= 11 is 0. The molecule has 204 valence electrons. The van der Waals surface area contributed by atoms with Gasteiger partial charge in [0.25, 0.3) is 0 Å². The van der Waals surface area contributed by atoms with Crippen molar-refractivity contribution in [2.75, 3.05) is 24.2 Å². The molecule has 37 heavy (non-hydrogen) atoms. The van der Waals surface area contributed by atoms with Gasteiger partial charge in [0.1, 0.15) is 18.3 Å². The van der Waals surface area contributed by atoms with Crippen molar-refractivity contribution in [3.8, 4) is 5.75 Å². The lowest BCUT2D eigenvalue weighted by Gasteiger charge is -2.33. The van der Waals surface area contributed by atoms with E-state index in [1.807, 2.05) is 45.0 Å². The fourth-order valence-electron chi connectivity index (χ4n) is 4.01. The first-order valence-corrected chi connectivity index (χ1v) is 14.3. The number of hydrogen-bond donors (Lipinski definition) is 1. The number of sulfonamides is 1. The van der Waals surface area contributed by atoms with Gasteiger partial charge >= 0.3 is 0 Å². The van der Waals surface area contributed by atoms with Crippen molar-refractivity contribution >= 4 is 27.5 Å². The summed E-state index contributed by atoms with van der Waals surface area (Å²) in [4.78, 5) is 28.3. The van der Waals surface area contributed by atoms with Gasteiger partial charge in [0.15, 0.2) is 0 Å². The molecule has 1 N–H and O–H groups in total. The summed E-state index contributed by atoms with van der Waals surface area (Å²) in [5.41, 5.74) is 2.11. The molecule has 0 aliphatic carbocycles. The fraction of sp³-hybridized carbons (Fsp3) is 0.500. The van der Waals surface area contributed by atoms with Crippen molar-refractivity contribution in [2.45, 2.75) is 72.0 Å². The Morgan fingerprint density at radius 3 is 2.16 bits per heavy atom. The molecule has 0 aliphatic heterocycles. The average molecular weight is 532 g/mol. The van der Waals surface area contributed by atoms with E-state index in [2.05, 4.69) is 26.1 Å². The molecule has 1 atom stereocenters. The Hall–Kier alpha value is -3.07. The van der Waals surface area contributed by atoms with E-state index in [0.717, 1.165) is 21.7 Å². The zero-order chi connectivity index (χ0) is 28.0. The first kappa shape index (κ1) is 30.2. The van der Waals surface area contributed by atoms with Crippen molar-refractivity contribution < 1.29 is 22.7 Å². The van der Waals surface area contributed by atoms with E-state index in [4.69, 9.17) is 4.74 Å². The molecule has 8 nitrogen and oxygen atoms in total. The van der Waals surface area contributed by atoms with Crippen LogP contribution in [0.2, 0.25) is 0 Å². The number of benzene rings is 2. The third-order valence-corrected chi connectivity index (χ3v) is 7.15. The van der Waals surface area contributed by atoms with Crippen molar-refractivity contribution in [2.24, 2.45) is 0 Å². The predicted molar refractivity (Wildman–Crippen MR) is 148 cm³/mol. The van der Waals surface area contributed by atoms with Crippen LogP contribution in [0.5, 0.6) is 5.75 Å². The number of hydrogen-bond acceptors (Lipinski definition) is 5. The highest BCUT2D eigenvalue weighted by atomic mass is 32.2. The predicted octanol–water partition coefficient (Wildman–Crippen LogP) is 4.09. The minimum atomic E-state index is -3.78. The van der Waals surface area contributed by atoms with Crippen LogP contribution in [0.4, 0.5) is 5.69 Å². The van der Waals surface area contributed by atoms with Gasteiger partial charge < -0.3 is 15.0 Å². The van der Waals surface area contributed by atoms with Gasteiger partial charge in [0.2, 0.25) is 21.8 Å². The third-order valence-electron chi connectivity index (χ3n) is 6.00. The normalized spacial score (nSPS) is 12.7. The van der Waals surface area contributed by atoms with E-state index < -0.39 is 28.5 Å². The van der Waals surface area contributed by atoms with Crippen LogP contribution in [0.15, 0.2) is 48.5 Å². The van der Waals surface area contributed by atoms with Gasteiger partial charge in [-0.2, -0.15) is 0 Å². The molecule has 0 saturated carbocycles. The van der Waals surface area contributed by atoms with Gasteiger partial charge in [0, 0.05) is 12.6 Å². The molecule has 2 amide bonds. The Morgan fingerprint density at radius 1 is 1.05 bits per heavy atom. The lowest BCUT2D eigenvalue weighted by Crippen LogP contribution is -2.53. The zero-order valence-electron chi connectivity index (χ0n) is 23.2. The number of nitrogens with one attached hydrogen (secondary N) is 1. The van der Waals surface area contributed by atoms with Gasteiger partial charge in [-0.25, -0.2) is 8.42 Å². The van der Waals surface area contributed by atoms with E-state index >= 15 is 0 Å². The number of anilines is 1. The van der Waals surface area contributed by atoms with E-state index in [1.165, 1.54) is 4.90 Å². The van der Waals surface area contributed by atoms with Crippen LogP contribution in [0.25, 0.3) is 0 Å². The topological polar surface area (TPSA) is 96.0 Å². The van der Waals surface area contributed by atoms with Gasteiger partial charge in [-0.15, -0.1) is 0 Å². The highest BCUT2D eigenvalue weighted by molar-refractivity contribution is 7.92. The van der Waals surface area contributed by atoms with Crippen LogP contribution < -0.4 is 14.4 Å². The molecule has 0 radical (unpaired) electrons. The molecule has 0 aliphatic rings. The molecule has 2 aromatic rings. The number of carbonyl (C=O) groups excluding carboxylic acids is 2. The largest absolute Gasteiger partial charge is 0.497 e. The third kappa shape index (κ3) is 8.49. The van der Waals surface area contributed by atoms with Crippen LogP contribution in [-0.2, 0) is 31.6 Å². The molecule has 0 bridgehead atoms. The summed E-state index contributed by atoms with van der Waals surface area (Å²) in [6.07, 6.45) is 1.44. The lowest BCUT2D eigenvalue weighted by atomic mass is 9.87. The quantitative estimate of drug-likeness (QED) is 0.471. The fourth-order valence-corrected chi connectivity index (χ4v) is 4.86. The second-order valence-corrected chi connectivity index (χ2v) is 12.4. The van der Waals surface area contributed by atoms with Crippen LogP contribution in [0.1, 0.15) is 59.1 Å². The standard InChI is InChI=1S/C28H41N3O5S/c1-9-25(27(33)29-20(2)3)30(18-21-11-10-12-24(17-21)36-7)26(32)19-31(37(8,34)35)23-15-13-22(14-16-23)28(4,5)6/h10-17,20,25H,9,18-19H2,1-8H3,(H,29,33). The number of carbonyl (C=O) groups is 2. The summed E-state index contributed by atoms with van der Waals surface area (Å²) in [5, 5.41) is 2.88. The Kier molecular flexibility index (Phi) is 10.1. The number of methoxy groups -OCH3 is 1. The molecule has 9 heteroatoms. The molecule has 1 unspecified atom stereocenters. The molecule has 0 aromatic heterocycles. The number of amides is 2. The van der Waals surface area contributed by atoms with Crippen LogP contribution >= 0.6 is 0 Å². The maximum absolute atomic E-state index is 13.8. The van der Waals surface area contributed by atoms with Crippen molar-refractivity contribution in [1.82, 2.24) is 10.2 Å². The second kappa shape index (κ2) is 12.4. The number of ether oxygens (including phenoxy) is 1. The molecule has 0 fully saturated rings. The summed E-state index contributed by atoms with van der Waals surface area (Å²) in [5.74, 6) is -0.130. The minimum Gasteiger partial charge on any atom is -0.497 e. The summed E-state index contributed by atoms with van der Waals surface area (Å²) in [6.45, 7) is 11.5. The van der Waals surface area contributed by atoms with E-state index in [-0.39, 0.29) is 23.9 Å². The van der Waals surface area contributed by atoms with Crippen molar-refractivity contribution in [3.05, 3.63) is 59.7 Å². The van der Waals surface area contributed by atoms with E-state index in [9.17, 15) is 18.0 Å². The molecule has 0 spiro atoms. The number of rotatable bonds is 11. The molecular formula is C28H41N3O5S. The average Bonchev–Trinajstić information content (AvgIpc) is 2.80. The smallest absolute Gasteiger partial charge is 0.244 e. The van der Waals surface area contributed by atoms with Gasteiger partial charge in [-0.1, -0.05) is 52.0 Å². The van der Waals surface area contributed by atoms with Crippen molar-refractivity contribution in [1.29, 1.82) is 0 Å². The van der Waals surface area contributed by atoms with Crippen LogP contribution in [0.3, 0.4) is 0 Å². The summed E-state index contributed by atoms with van der Waals surface area (Å²) in [7, 11) is -2.23. The summed E-state index contributed by atoms with van der Waals surface area (Å²) in [6, 6.07) is 13.5. The second-order valence-electron chi connectivity index (χ2n) is 10.5. The monoisotopic (exact) mass is 531 g/mol. The Bertz CT molecular complexity index is 1170. The van der Waals surface area contributed by atoms with E-state index in [0.29, 0.717) is 17.9 Å². The highest BCUT2D eigenvalue weighted by Crippen LogP contribution is 2.26. The van der Waals surface area contributed by atoms with E-state index in [1.54, 1.807) is 31.4 Å². The molecular weight excluding hydrogens is 490 g/mol. The van der Waals surface area contributed by atoms with Crippen LogP contribution in [-0.4, -0.2) is 57.1 Å². The van der Waals surface area contributed by atoms with Crippen molar-refractivity contribution in [3.63, 3.8) is 0 Å².